The van der Waals surface area contributed by atoms with E-state index in [2.05, 4.69) is 6.07 Å². The Bertz CT molecular complexity index is 163. The van der Waals surface area contributed by atoms with Gasteiger partial charge in [0.25, 0.3) is 0 Å². The van der Waals surface area contributed by atoms with Crippen LogP contribution in [0.15, 0.2) is 0 Å². The van der Waals surface area contributed by atoms with Crippen molar-refractivity contribution in [1.82, 2.24) is 0 Å². The van der Waals surface area contributed by atoms with Crippen LogP contribution in [0.4, 0.5) is 0 Å². The minimum Gasteiger partial charge on any atom is -0.382 e. The van der Waals surface area contributed by atoms with Gasteiger partial charge in [0.05, 0.1) is 12.7 Å². The molecule has 1 rings (SSSR count). The van der Waals surface area contributed by atoms with Gasteiger partial charge in [-0.3, -0.25) is 0 Å². The Morgan fingerprint density at radius 1 is 1.80 bits per heavy atom. The van der Waals surface area contributed by atoms with Crippen molar-refractivity contribution >= 4 is 0 Å². The normalized spacial score (nSPS) is 37.1. The standard InChI is InChI=1S/C7H11NO2/c1-3-7(5-9-2)6(4-8)10-7/h6H,3,5H2,1-2H3. The van der Waals surface area contributed by atoms with Crippen LogP contribution in [0.3, 0.4) is 0 Å². The van der Waals surface area contributed by atoms with Crippen molar-refractivity contribution in [2.75, 3.05) is 13.7 Å². The van der Waals surface area contributed by atoms with Crippen LogP contribution in [0.5, 0.6) is 0 Å². The maximum absolute atomic E-state index is 8.47. The van der Waals surface area contributed by atoms with Gasteiger partial charge in [-0.1, -0.05) is 6.92 Å². The molecule has 0 radical (unpaired) electrons. The molecule has 1 fully saturated rings. The fraction of sp³-hybridized carbons (Fsp3) is 0.857. The van der Waals surface area contributed by atoms with E-state index in [0.29, 0.717) is 6.61 Å². The van der Waals surface area contributed by atoms with E-state index in [-0.39, 0.29) is 11.7 Å². The van der Waals surface area contributed by atoms with Crippen LogP contribution < -0.4 is 0 Å². The lowest BCUT2D eigenvalue weighted by atomic mass is 10.0. The van der Waals surface area contributed by atoms with Crippen molar-refractivity contribution in [3.05, 3.63) is 0 Å². The fourth-order valence-corrected chi connectivity index (χ4v) is 1.07. The van der Waals surface area contributed by atoms with Gasteiger partial charge < -0.3 is 9.47 Å². The second kappa shape index (κ2) is 2.57. The van der Waals surface area contributed by atoms with Gasteiger partial charge in [-0.15, -0.1) is 0 Å². The quantitative estimate of drug-likeness (QED) is 0.543. The average molecular weight is 141 g/mol. The molecule has 0 aromatic heterocycles. The molecule has 0 saturated carbocycles. The van der Waals surface area contributed by atoms with Gasteiger partial charge in [-0.2, -0.15) is 5.26 Å². The zero-order valence-electron chi connectivity index (χ0n) is 6.26. The zero-order valence-corrected chi connectivity index (χ0v) is 6.26. The van der Waals surface area contributed by atoms with E-state index in [1.165, 1.54) is 0 Å². The summed E-state index contributed by atoms with van der Waals surface area (Å²) >= 11 is 0. The first-order valence-corrected chi connectivity index (χ1v) is 3.35. The van der Waals surface area contributed by atoms with Gasteiger partial charge >= 0.3 is 0 Å². The number of methoxy groups -OCH3 is 1. The molecule has 3 nitrogen and oxygen atoms in total. The third-order valence-electron chi connectivity index (χ3n) is 1.88. The average Bonchev–Trinajstić information content (AvgIpc) is 2.65. The monoisotopic (exact) mass is 141 g/mol. The van der Waals surface area contributed by atoms with Gasteiger partial charge in [-0.25, -0.2) is 0 Å². The maximum atomic E-state index is 8.47. The van der Waals surface area contributed by atoms with Gasteiger partial charge in [-0.05, 0) is 6.42 Å². The van der Waals surface area contributed by atoms with Crippen molar-refractivity contribution in [3.8, 4) is 6.07 Å². The number of hydrogen-bond donors (Lipinski definition) is 0. The molecule has 10 heavy (non-hydrogen) atoms. The van der Waals surface area contributed by atoms with Crippen molar-refractivity contribution in [2.45, 2.75) is 25.0 Å². The molecule has 2 atom stereocenters. The van der Waals surface area contributed by atoms with E-state index in [4.69, 9.17) is 14.7 Å². The lowest BCUT2D eigenvalue weighted by Gasteiger charge is -2.04. The largest absolute Gasteiger partial charge is 0.382 e. The molecular weight excluding hydrogens is 130 g/mol. The highest BCUT2D eigenvalue weighted by Crippen LogP contribution is 2.39. The van der Waals surface area contributed by atoms with Crippen LogP contribution in [0.25, 0.3) is 0 Å². The lowest BCUT2D eigenvalue weighted by molar-refractivity contribution is 0.118. The Morgan fingerprint density at radius 3 is 2.80 bits per heavy atom. The highest BCUT2D eigenvalue weighted by molar-refractivity contribution is 5.13. The van der Waals surface area contributed by atoms with E-state index in [1.807, 2.05) is 6.92 Å². The number of ether oxygens (including phenoxy) is 2. The van der Waals surface area contributed by atoms with Crippen molar-refractivity contribution in [3.63, 3.8) is 0 Å². The lowest BCUT2D eigenvalue weighted by Crippen LogP contribution is -2.19. The smallest absolute Gasteiger partial charge is 0.176 e. The van der Waals surface area contributed by atoms with E-state index in [1.54, 1.807) is 7.11 Å². The molecule has 0 aliphatic carbocycles. The fourth-order valence-electron chi connectivity index (χ4n) is 1.07. The summed E-state index contributed by atoms with van der Waals surface area (Å²) in [6, 6.07) is 2.06. The van der Waals surface area contributed by atoms with Crippen LogP contribution in [0.1, 0.15) is 13.3 Å². The third kappa shape index (κ3) is 1.00. The molecule has 2 unspecified atom stereocenters. The van der Waals surface area contributed by atoms with E-state index in [9.17, 15) is 0 Å². The summed E-state index contributed by atoms with van der Waals surface area (Å²) in [6.07, 6.45) is 0.608. The van der Waals surface area contributed by atoms with Crippen LogP contribution in [0, 0.1) is 11.3 Å². The molecule has 3 heteroatoms. The van der Waals surface area contributed by atoms with E-state index < -0.39 is 0 Å². The molecule has 1 aliphatic rings. The first-order chi connectivity index (χ1) is 4.79. The van der Waals surface area contributed by atoms with Gasteiger partial charge in [0.1, 0.15) is 5.60 Å². The summed E-state index contributed by atoms with van der Waals surface area (Å²) < 4.78 is 10.1. The number of nitrogens with zero attached hydrogens (tertiary/aromatic N) is 1. The SMILES string of the molecule is CCC1(COC)OC1C#N. The third-order valence-corrected chi connectivity index (χ3v) is 1.88. The molecule has 1 heterocycles. The molecule has 1 saturated heterocycles. The zero-order chi connectivity index (χ0) is 7.61. The van der Waals surface area contributed by atoms with Crippen molar-refractivity contribution in [2.24, 2.45) is 0 Å². The van der Waals surface area contributed by atoms with E-state index in [0.717, 1.165) is 6.42 Å². The molecule has 1 aliphatic heterocycles. The summed E-state index contributed by atoms with van der Waals surface area (Å²) in [5.41, 5.74) is -0.274. The van der Waals surface area contributed by atoms with Gasteiger partial charge in [0, 0.05) is 7.11 Å². The Hall–Kier alpha value is -0.590. The number of nitriles is 1. The van der Waals surface area contributed by atoms with Crippen molar-refractivity contribution in [1.29, 1.82) is 5.26 Å². The predicted octanol–water partition coefficient (Wildman–Crippen LogP) is 0.704. The Kier molecular flexibility index (Phi) is 1.93. The highest BCUT2D eigenvalue weighted by atomic mass is 16.6. The summed E-state index contributed by atoms with van der Waals surface area (Å²) in [5, 5.41) is 8.47. The van der Waals surface area contributed by atoms with Crippen molar-refractivity contribution < 1.29 is 9.47 Å². The topological polar surface area (TPSA) is 45.5 Å². The van der Waals surface area contributed by atoms with Crippen LogP contribution in [-0.2, 0) is 9.47 Å². The second-order valence-corrected chi connectivity index (χ2v) is 2.48. The maximum Gasteiger partial charge on any atom is 0.176 e. The van der Waals surface area contributed by atoms with Crippen LogP contribution >= 0.6 is 0 Å². The first kappa shape index (κ1) is 7.52. The minimum absolute atomic E-state index is 0.238. The van der Waals surface area contributed by atoms with E-state index >= 15 is 0 Å². The molecular formula is C7H11NO2. The number of epoxide rings is 1. The molecule has 0 N–H and O–H groups in total. The second-order valence-electron chi connectivity index (χ2n) is 2.48. The Morgan fingerprint density at radius 2 is 2.50 bits per heavy atom. The molecule has 0 bridgehead atoms. The summed E-state index contributed by atoms with van der Waals surface area (Å²) in [7, 11) is 1.62. The molecule has 0 aromatic carbocycles. The summed E-state index contributed by atoms with van der Waals surface area (Å²) in [6.45, 7) is 2.53. The van der Waals surface area contributed by atoms with Gasteiger partial charge in [0.15, 0.2) is 6.10 Å². The first-order valence-electron chi connectivity index (χ1n) is 3.35. The predicted molar refractivity (Wildman–Crippen MR) is 35.4 cm³/mol. The molecule has 56 valence electrons. The molecule has 0 amide bonds. The highest BCUT2D eigenvalue weighted by Gasteiger charge is 2.55. The molecule has 0 spiro atoms. The van der Waals surface area contributed by atoms with Crippen LogP contribution in [-0.4, -0.2) is 25.4 Å². The molecule has 0 aromatic rings. The summed E-state index contributed by atoms with van der Waals surface area (Å²) in [5.74, 6) is 0. The van der Waals surface area contributed by atoms with Crippen LogP contribution in [0.2, 0.25) is 0 Å². The summed E-state index contributed by atoms with van der Waals surface area (Å²) in [4.78, 5) is 0. The van der Waals surface area contributed by atoms with Gasteiger partial charge in [0.2, 0.25) is 0 Å². The Balaban J connectivity index is 2.44. The number of rotatable bonds is 3. The minimum atomic E-state index is -0.274. The number of hydrogen-bond acceptors (Lipinski definition) is 3. The Labute approximate surface area is 60.5 Å².